The molecule has 0 saturated heterocycles. The molecule has 2 rings (SSSR count). The predicted octanol–water partition coefficient (Wildman–Crippen LogP) is 0.0922. The van der Waals surface area contributed by atoms with Crippen molar-refractivity contribution in [3.8, 4) is 0 Å². The van der Waals surface area contributed by atoms with E-state index in [1.807, 2.05) is 0 Å². The number of fused-ring (bicyclic) bond motifs is 1. The van der Waals surface area contributed by atoms with E-state index in [1.54, 1.807) is 4.57 Å². The summed E-state index contributed by atoms with van der Waals surface area (Å²) in [4.78, 5) is 14.9. The van der Waals surface area contributed by atoms with E-state index in [4.69, 9.17) is 0 Å². The largest absolute Gasteiger partial charge is 0.313 e. The number of rotatable bonds is 0. The van der Waals surface area contributed by atoms with Crippen molar-refractivity contribution in [2.75, 3.05) is 6.26 Å². The van der Waals surface area contributed by atoms with Gasteiger partial charge in [0.2, 0.25) is 0 Å². The topological polar surface area (TPSA) is 64.3 Å². The van der Waals surface area contributed by atoms with Gasteiger partial charge in [-0.3, -0.25) is 4.79 Å². The average molecular weight is 185 g/mol. The Bertz CT molecular complexity index is 453. The summed E-state index contributed by atoms with van der Waals surface area (Å²) in [6.45, 7) is 0. The lowest BCUT2D eigenvalue weighted by Gasteiger charge is -2.11. The van der Waals surface area contributed by atoms with Crippen molar-refractivity contribution < 1.29 is 9.00 Å². The summed E-state index contributed by atoms with van der Waals surface area (Å²) < 4.78 is 16.6. The van der Waals surface area contributed by atoms with Crippen LogP contribution in [-0.2, 0) is 15.6 Å². The molecule has 6 heteroatoms. The molecule has 2 heterocycles. The number of aromatic nitrogens is 2. The van der Waals surface area contributed by atoms with E-state index >= 15 is 0 Å². The molecule has 1 amide bonds. The van der Waals surface area contributed by atoms with Crippen molar-refractivity contribution >= 4 is 15.6 Å². The molecule has 5 nitrogen and oxygen atoms in total. The van der Waals surface area contributed by atoms with Crippen molar-refractivity contribution in [2.24, 2.45) is 4.36 Å². The summed E-state index contributed by atoms with van der Waals surface area (Å²) in [5.41, 5.74) is 0.413. The Hall–Kier alpha value is -1.17. The van der Waals surface area contributed by atoms with Gasteiger partial charge in [0.1, 0.15) is 11.6 Å². The van der Waals surface area contributed by atoms with Crippen LogP contribution in [0.3, 0.4) is 0 Å². The Morgan fingerprint density at radius 3 is 3.17 bits per heavy atom. The smallest absolute Gasteiger partial charge is 0.303 e. The molecule has 0 bridgehead atoms. The minimum atomic E-state index is -2.37. The predicted molar refractivity (Wildman–Crippen MR) is 43.1 cm³/mol. The van der Waals surface area contributed by atoms with Gasteiger partial charge in [-0.2, -0.15) is 4.36 Å². The summed E-state index contributed by atoms with van der Waals surface area (Å²) >= 11 is 0. The van der Waals surface area contributed by atoms with Gasteiger partial charge in [0, 0.05) is 6.26 Å². The van der Waals surface area contributed by atoms with Crippen molar-refractivity contribution in [3.05, 3.63) is 18.2 Å². The first-order valence-corrected chi connectivity index (χ1v) is 5.42. The first-order chi connectivity index (χ1) is 5.58. The lowest BCUT2D eigenvalue weighted by Crippen LogP contribution is -2.19. The highest BCUT2D eigenvalue weighted by Crippen LogP contribution is 2.12. The van der Waals surface area contributed by atoms with Crippen LogP contribution in [0.2, 0.25) is 0 Å². The summed E-state index contributed by atoms with van der Waals surface area (Å²) in [5.74, 6) is -0.181. The van der Waals surface area contributed by atoms with E-state index in [0.717, 1.165) is 0 Å². The van der Waals surface area contributed by atoms with Crippen LogP contribution < -0.4 is 0 Å². The minimum Gasteiger partial charge on any atom is -0.313 e. The monoisotopic (exact) mass is 185 g/mol. The van der Waals surface area contributed by atoms with Crippen molar-refractivity contribution in [1.82, 2.24) is 9.55 Å². The highest BCUT2D eigenvalue weighted by Gasteiger charge is 2.20. The molecule has 1 unspecified atom stereocenters. The standard InChI is InChI=1S/C6H7N3O2S/c1-12(11)4-9-3-7-2-5(9)6(10)8-12/h2-3H,4H2,1H3. The zero-order valence-corrected chi connectivity index (χ0v) is 7.24. The molecule has 12 heavy (non-hydrogen) atoms. The summed E-state index contributed by atoms with van der Waals surface area (Å²) in [7, 11) is -2.37. The van der Waals surface area contributed by atoms with E-state index in [1.165, 1.54) is 18.8 Å². The second kappa shape index (κ2) is 2.16. The number of carbonyl (C=O) groups excluding carboxylic acids is 1. The third kappa shape index (κ3) is 1.04. The molecule has 0 aromatic carbocycles. The van der Waals surface area contributed by atoms with Crippen LogP contribution in [0.15, 0.2) is 16.9 Å². The molecule has 1 aliphatic rings. The third-order valence-corrected chi connectivity index (χ3v) is 2.90. The van der Waals surface area contributed by atoms with E-state index in [9.17, 15) is 9.00 Å². The van der Waals surface area contributed by atoms with Gasteiger partial charge < -0.3 is 4.57 Å². The van der Waals surface area contributed by atoms with Crippen LogP contribution in [0.5, 0.6) is 0 Å². The zero-order chi connectivity index (χ0) is 8.77. The van der Waals surface area contributed by atoms with Crippen LogP contribution in [0.25, 0.3) is 0 Å². The number of imidazole rings is 1. The Morgan fingerprint density at radius 2 is 2.42 bits per heavy atom. The number of amides is 1. The highest BCUT2D eigenvalue weighted by molar-refractivity contribution is 7.92. The molecule has 0 N–H and O–H groups in total. The van der Waals surface area contributed by atoms with Gasteiger partial charge in [-0.25, -0.2) is 9.19 Å². The molecule has 1 aliphatic heterocycles. The number of hydrogen-bond donors (Lipinski definition) is 0. The van der Waals surface area contributed by atoms with Crippen molar-refractivity contribution in [2.45, 2.75) is 5.88 Å². The molecule has 0 spiro atoms. The maximum Gasteiger partial charge on any atom is 0.303 e. The van der Waals surface area contributed by atoms with E-state index < -0.39 is 15.6 Å². The Morgan fingerprint density at radius 1 is 1.67 bits per heavy atom. The van der Waals surface area contributed by atoms with Crippen LogP contribution in [0.1, 0.15) is 10.5 Å². The second-order valence-electron chi connectivity index (χ2n) is 2.73. The van der Waals surface area contributed by atoms with Gasteiger partial charge >= 0.3 is 5.91 Å². The molecule has 1 atom stereocenters. The molecular formula is C6H7N3O2S. The van der Waals surface area contributed by atoms with Gasteiger partial charge in [0.25, 0.3) is 0 Å². The summed E-state index contributed by atoms with van der Waals surface area (Å²) in [6.07, 6.45) is 4.39. The molecule has 0 fully saturated rings. The lowest BCUT2D eigenvalue weighted by molar-refractivity contribution is 0.0994. The molecule has 0 aliphatic carbocycles. The Labute approximate surface area is 69.6 Å². The van der Waals surface area contributed by atoms with Crippen molar-refractivity contribution in [3.63, 3.8) is 0 Å². The normalized spacial score (nSPS) is 27.9. The molecule has 1 aromatic heterocycles. The van der Waals surface area contributed by atoms with Crippen LogP contribution >= 0.6 is 0 Å². The molecule has 1 aromatic rings. The molecule has 0 radical (unpaired) electrons. The zero-order valence-electron chi connectivity index (χ0n) is 6.43. The van der Waals surface area contributed by atoms with Gasteiger partial charge in [0.15, 0.2) is 0 Å². The average Bonchev–Trinajstić information content (AvgIpc) is 2.31. The van der Waals surface area contributed by atoms with E-state index in [2.05, 4.69) is 9.35 Å². The van der Waals surface area contributed by atoms with E-state index in [0.29, 0.717) is 5.69 Å². The number of carbonyl (C=O) groups is 1. The third-order valence-electron chi connectivity index (χ3n) is 1.59. The second-order valence-corrected chi connectivity index (χ2v) is 5.09. The summed E-state index contributed by atoms with van der Waals surface area (Å²) in [6, 6.07) is 0. The Balaban J connectivity index is 2.65. The minimum absolute atomic E-state index is 0.258. The SMILES string of the molecule is CS1(=O)=NC(=O)c2cncn2C1. The fourth-order valence-corrected chi connectivity index (χ4v) is 2.33. The van der Waals surface area contributed by atoms with Gasteiger partial charge in [0.05, 0.1) is 22.3 Å². The van der Waals surface area contributed by atoms with Gasteiger partial charge in [-0.15, -0.1) is 0 Å². The van der Waals surface area contributed by atoms with Crippen LogP contribution in [0, 0.1) is 0 Å². The first kappa shape index (κ1) is 7.48. The first-order valence-electron chi connectivity index (χ1n) is 3.33. The lowest BCUT2D eigenvalue weighted by atomic mass is 10.4. The summed E-state index contributed by atoms with van der Waals surface area (Å²) in [5, 5.41) is 0. The maximum atomic E-state index is 11.4. The van der Waals surface area contributed by atoms with Gasteiger partial charge in [-0.05, 0) is 0 Å². The van der Waals surface area contributed by atoms with Crippen molar-refractivity contribution in [1.29, 1.82) is 0 Å². The number of nitrogens with zero attached hydrogens (tertiary/aromatic N) is 3. The molecule has 0 saturated carbocycles. The molecular weight excluding hydrogens is 178 g/mol. The van der Waals surface area contributed by atoms with Crippen LogP contribution in [0.4, 0.5) is 0 Å². The fourth-order valence-electron chi connectivity index (χ4n) is 1.11. The maximum absolute atomic E-state index is 11.4. The van der Waals surface area contributed by atoms with Crippen LogP contribution in [-0.4, -0.2) is 25.9 Å². The number of hydrogen-bond acceptors (Lipinski definition) is 3. The van der Waals surface area contributed by atoms with Gasteiger partial charge in [-0.1, -0.05) is 0 Å². The quantitative estimate of drug-likeness (QED) is 0.575. The Kier molecular flexibility index (Phi) is 1.35. The molecule has 64 valence electrons. The highest BCUT2D eigenvalue weighted by atomic mass is 32.2. The van der Waals surface area contributed by atoms with E-state index in [-0.39, 0.29) is 5.88 Å². The fraction of sp³-hybridized carbons (Fsp3) is 0.333.